The molecule has 1 saturated carbocycles. The first-order valence-electron chi connectivity index (χ1n) is 7.69. The Hall–Kier alpha value is -1.70. The third kappa shape index (κ3) is 2.55. The largest absolute Gasteiger partial charge is 0.310 e. The van der Waals surface area contributed by atoms with Crippen LogP contribution in [0.2, 0.25) is 0 Å². The fourth-order valence-corrected chi connectivity index (χ4v) is 4.53. The second-order valence-electron chi connectivity index (χ2n) is 6.37. The fraction of sp³-hybridized carbons (Fsp3) is 0.643. The Morgan fingerprint density at radius 3 is 2.64 bits per heavy atom. The Bertz CT molecular complexity index is 865. The standard InChI is InChI=1S/C14H18N4O3S/c19-14-11-8-15-18(10-3-5-22(20,21)6-4-10)13(11)16-12(17-14)7-9-1-2-9/h8-10H,1-7H2,(H,16,17,19). The topological polar surface area (TPSA) is 97.7 Å². The van der Waals surface area contributed by atoms with E-state index < -0.39 is 9.84 Å². The lowest BCUT2D eigenvalue weighted by atomic mass is 10.1. The van der Waals surface area contributed by atoms with Crippen LogP contribution in [-0.4, -0.2) is 39.7 Å². The summed E-state index contributed by atoms with van der Waals surface area (Å²) in [4.78, 5) is 19.6. The van der Waals surface area contributed by atoms with Gasteiger partial charge in [0, 0.05) is 6.42 Å². The number of fused-ring (bicyclic) bond motifs is 1. The van der Waals surface area contributed by atoms with Gasteiger partial charge in [-0.05, 0) is 31.6 Å². The van der Waals surface area contributed by atoms with E-state index in [1.807, 2.05) is 0 Å². The molecule has 8 heteroatoms. The van der Waals surface area contributed by atoms with Gasteiger partial charge < -0.3 is 4.98 Å². The van der Waals surface area contributed by atoms with Crippen molar-refractivity contribution in [3.63, 3.8) is 0 Å². The van der Waals surface area contributed by atoms with Gasteiger partial charge in [-0.1, -0.05) is 0 Å². The Morgan fingerprint density at radius 1 is 1.23 bits per heavy atom. The van der Waals surface area contributed by atoms with Crippen molar-refractivity contribution in [3.8, 4) is 0 Å². The van der Waals surface area contributed by atoms with Crippen LogP contribution in [0.15, 0.2) is 11.0 Å². The van der Waals surface area contributed by atoms with E-state index in [2.05, 4.69) is 15.1 Å². The summed E-state index contributed by atoms with van der Waals surface area (Å²) in [5.74, 6) is 1.70. The van der Waals surface area contributed by atoms with Gasteiger partial charge >= 0.3 is 0 Å². The van der Waals surface area contributed by atoms with Gasteiger partial charge in [0.15, 0.2) is 5.65 Å². The van der Waals surface area contributed by atoms with Crippen LogP contribution in [-0.2, 0) is 16.3 Å². The van der Waals surface area contributed by atoms with Crippen molar-refractivity contribution in [1.29, 1.82) is 0 Å². The van der Waals surface area contributed by atoms with Crippen molar-refractivity contribution in [3.05, 3.63) is 22.4 Å². The van der Waals surface area contributed by atoms with Crippen molar-refractivity contribution in [2.24, 2.45) is 5.92 Å². The maximum atomic E-state index is 12.2. The SMILES string of the molecule is O=c1[nH]c(CC2CC2)nc2c1cnn2C1CCS(=O)(=O)CC1. The minimum absolute atomic E-state index is 0.00380. The lowest BCUT2D eigenvalue weighted by molar-refractivity contribution is 0.422. The third-order valence-corrected chi connectivity index (χ3v) is 6.28. The quantitative estimate of drug-likeness (QED) is 0.902. The van der Waals surface area contributed by atoms with Crippen LogP contribution in [0.3, 0.4) is 0 Å². The number of hydrogen-bond donors (Lipinski definition) is 1. The highest BCUT2D eigenvalue weighted by Crippen LogP contribution is 2.32. The van der Waals surface area contributed by atoms with E-state index >= 15 is 0 Å². The minimum atomic E-state index is -2.91. The molecule has 2 fully saturated rings. The van der Waals surface area contributed by atoms with Gasteiger partial charge in [-0.25, -0.2) is 18.1 Å². The summed E-state index contributed by atoms with van der Waals surface area (Å²) in [6.45, 7) is 0. The second-order valence-corrected chi connectivity index (χ2v) is 8.67. The first kappa shape index (κ1) is 13.9. The maximum Gasteiger partial charge on any atom is 0.262 e. The number of nitrogens with one attached hydrogen (secondary N) is 1. The van der Waals surface area contributed by atoms with E-state index in [1.54, 1.807) is 4.68 Å². The first-order valence-corrected chi connectivity index (χ1v) is 9.51. The molecule has 0 amide bonds. The molecule has 1 aliphatic heterocycles. The number of sulfone groups is 1. The van der Waals surface area contributed by atoms with Crippen molar-refractivity contribution < 1.29 is 8.42 Å². The molecule has 3 heterocycles. The van der Waals surface area contributed by atoms with Crippen molar-refractivity contribution in [2.45, 2.75) is 38.1 Å². The molecule has 22 heavy (non-hydrogen) atoms. The summed E-state index contributed by atoms with van der Waals surface area (Å²) in [6, 6.07) is 0.00380. The predicted molar refractivity (Wildman–Crippen MR) is 81.5 cm³/mol. The van der Waals surface area contributed by atoms with E-state index in [4.69, 9.17) is 0 Å². The molecule has 0 atom stereocenters. The number of aromatic amines is 1. The molecule has 0 spiro atoms. The Balaban J connectivity index is 1.71. The molecule has 0 aromatic carbocycles. The summed E-state index contributed by atoms with van der Waals surface area (Å²) in [5.41, 5.74) is 0.430. The van der Waals surface area contributed by atoms with Crippen LogP contribution in [0.5, 0.6) is 0 Å². The first-order chi connectivity index (χ1) is 10.5. The van der Waals surface area contributed by atoms with E-state index in [9.17, 15) is 13.2 Å². The summed E-state index contributed by atoms with van der Waals surface area (Å²) in [5, 5.41) is 4.78. The summed E-state index contributed by atoms with van der Waals surface area (Å²) < 4.78 is 24.9. The van der Waals surface area contributed by atoms with Crippen molar-refractivity contribution in [2.75, 3.05) is 11.5 Å². The molecular formula is C14H18N4O3S. The van der Waals surface area contributed by atoms with E-state index in [-0.39, 0.29) is 23.1 Å². The highest BCUT2D eigenvalue weighted by Gasteiger charge is 2.28. The van der Waals surface area contributed by atoms with Crippen molar-refractivity contribution in [1.82, 2.24) is 19.7 Å². The molecule has 1 N–H and O–H groups in total. The Morgan fingerprint density at radius 2 is 1.95 bits per heavy atom. The molecule has 2 aromatic heterocycles. The minimum Gasteiger partial charge on any atom is -0.310 e. The zero-order valence-electron chi connectivity index (χ0n) is 12.2. The lowest BCUT2D eigenvalue weighted by Crippen LogP contribution is -2.26. The van der Waals surface area contributed by atoms with Crippen LogP contribution in [0.25, 0.3) is 11.0 Å². The normalized spacial score (nSPS) is 22.2. The average Bonchev–Trinajstić information content (AvgIpc) is 3.16. The van der Waals surface area contributed by atoms with E-state index in [0.717, 1.165) is 6.42 Å². The van der Waals surface area contributed by atoms with Gasteiger partial charge in [0.25, 0.3) is 5.56 Å². The molecule has 1 saturated heterocycles. The average molecular weight is 322 g/mol. The number of hydrogen-bond acceptors (Lipinski definition) is 5. The fourth-order valence-electron chi connectivity index (χ4n) is 3.06. The van der Waals surface area contributed by atoms with Gasteiger partial charge in [-0.15, -0.1) is 0 Å². The number of H-pyrrole nitrogens is 1. The number of nitrogens with zero attached hydrogens (tertiary/aromatic N) is 3. The molecule has 2 aliphatic rings. The third-order valence-electron chi connectivity index (χ3n) is 4.56. The molecule has 2 aromatic rings. The molecule has 118 valence electrons. The summed E-state index contributed by atoms with van der Waals surface area (Å²) in [6.07, 6.45) is 5.79. The molecule has 0 unspecified atom stereocenters. The van der Waals surface area contributed by atoms with Gasteiger partial charge in [0.2, 0.25) is 0 Å². The van der Waals surface area contributed by atoms with Crippen LogP contribution in [0, 0.1) is 5.92 Å². The maximum absolute atomic E-state index is 12.2. The monoisotopic (exact) mass is 322 g/mol. The Kier molecular flexibility index (Phi) is 3.11. The predicted octanol–water partition coefficient (Wildman–Crippen LogP) is 0.822. The van der Waals surface area contributed by atoms with Gasteiger partial charge in [-0.3, -0.25) is 4.79 Å². The molecule has 7 nitrogen and oxygen atoms in total. The Labute approximate surface area is 127 Å². The summed E-state index contributed by atoms with van der Waals surface area (Å²) in [7, 11) is -2.91. The van der Waals surface area contributed by atoms with Crippen LogP contribution >= 0.6 is 0 Å². The van der Waals surface area contributed by atoms with Gasteiger partial charge in [-0.2, -0.15) is 5.10 Å². The number of rotatable bonds is 3. The molecule has 0 bridgehead atoms. The van der Waals surface area contributed by atoms with Crippen molar-refractivity contribution >= 4 is 20.9 Å². The van der Waals surface area contributed by atoms with E-state index in [0.29, 0.717) is 35.6 Å². The zero-order valence-corrected chi connectivity index (χ0v) is 13.0. The van der Waals surface area contributed by atoms with E-state index in [1.165, 1.54) is 19.0 Å². The lowest BCUT2D eigenvalue weighted by Gasteiger charge is -2.22. The smallest absolute Gasteiger partial charge is 0.262 e. The van der Waals surface area contributed by atoms with Gasteiger partial charge in [0.05, 0.1) is 23.7 Å². The van der Waals surface area contributed by atoms with Crippen LogP contribution in [0.4, 0.5) is 0 Å². The summed E-state index contributed by atoms with van der Waals surface area (Å²) >= 11 is 0. The van der Waals surface area contributed by atoms with Crippen LogP contribution in [0.1, 0.15) is 37.5 Å². The molecule has 4 rings (SSSR count). The second kappa shape index (κ2) is 4.91. The highest BCUT2D eigenvalue weighted by molar-refractivity contribution is 7.91. The molecule has 0 radical (unpaired) electrons. The van der Waals surface area contributed by atoms with Gasteiger partial charge in [0.1, 0.15) is 21.0 Å². The molecular weight excluding hydrogens is 304 g/mol. The zero-order chi connectivity index (χ0) is 15.3. The highest BCUT2D eigenvalue weighted by atomic mass is 32.2. The van der Waals surface area contributed by atoms with Crippen LogP contribution < -0.4 is 5.56 Å². The number of aromatic nitrogens is 4. The molecule has 1 aliphatic carbocycles.